The van der Waals surface area contributed by atoms with Crippen LogP contribution in [-0.4, -0.2) is 9.55 Å². The van der Waals surface area contributed by atoms with Gasteiger partial charge >= 0.3 is 0 Å². The van der Waals surface area contributed by atoms with Crippen LogP contribution in [0.3, 0.4) is 0 Å². The molecule has 3 aromatic rings. The van der Waals surface area contributed by atoms with Crippen molar-refractivity contribution in [3.05, 3.63) is 41.5 Å². The van der Waals surface area contributed by atoms with E-state index in [-0.39, 0.29) is 5.41 Å². The third kappa shape index (κ3) is 2.68. The molecule has 3 nitrogen and oxygen atoms in total. The predicted octanol–water partition coefficient (Wildman–Crippen LogP) is 5.16. The average Bonchev–Trinajstić information content (AvgIpc) is 3.04. The van der Waals surface area contributed by atoms with Crippen molar-refractivity contribution in [3.8, 4) is 0 Å². The molecule has 0 atom stereocenters. The Hall–Kier alpha value is -1.81. The molecule has 0 aliphatic carbocycles. The van der Waals surface area contributed by atoms with Crippen molar-refractivity contribution in [1.82, 2.24) is 9.55 Å². The van der Waals surface area contributed by atoms with Crippen molar-refractivity contribution in [1.29, 1.82) is 0 Å². The number of anilines is 2. The third-order valence-corrected chi connectivity index (χ3v) is 4.43. The summed E-state index contributed by atoms with van der Waals surface area (Å²) in [5, 5.41) is 7.81. The maximum Gasteiger partial charge on any atom is 0.187 e. The van der Waals surface area contributed by atoms with E-state index in [1.165, 1.54) is 10.9 Å². The topological polar surface area (TPSA) is 29.9 Å². The molecule has 0 radical (unpaired) electrons. The highest BCUT2D eigenvalue weighted by Crippen LogP contribution is 2.31. The van der Waals surface area contributed by atoms with E-state index in [0.717, 1.165) is 23.1 Å². The van der Waals surface area contributed by atoms with Crippen molar-refractivity contribution in [2.45, 2.75) is 39.7 Å². The van der Waals surface area contributed by atoms with Gasteiger partial charge in [-0.2, -0.15) is 0 Å². The van der Waals surface area contributed by atoms with E-state index in [2.05, 4.69) is 73.4 Å². The highest BCUT2D eigenvalue weighted by Gasteiger charge is 2.17. The highest BCUT2D eigenvalue weighted by atomic mass is 32.1. The second kappa shape index (κ2) is 5.19. The Labute approximate surface area is 129 Å². The summed E-state index contributed by atoms with van der Waals surface area (Å²) in [7, 11) is 0. The first kappa shape index (κ1) is 14.1. The lowest BCUT2D eigenvalue weighted by atomic mass is 9.93. The van der Waals surface area contributed by atoms with E-state index in [1.54, 1.807) is 11.3 Å². The van der Waals surface area contributed by atoms with Crippen molar-refractivity contribution in [3.63, 3.8) is 0 Å². The van der Waals surface area contributed by atoms with Crippen LogP contribution >= 0.6 is 11.3 Å². The van der Waals surface area contributed by atoms with E-state index >= 15 is 0 Å². The van der Waals surface area contributed by atoms with Gasteiger partial charge in [0.05, 0.1) is 11.2 Å². The monoisotopic (exact) mass is 299 g/mol. The summed E-state index contributed by atoms with van der Waals surface area (Å²) in [4.78, 5) is 4.71. The van der Waals surface area contributed by atoms with Gasteiger partial charge in [-0.05, 0) is 25.1 Å². The quantitative estimate of drug-likeness (QED) is 0.724. The summed E-state index contributed by atoms with van der Waals surface area (Å²) in [6.07, 6.45) is 2.14. The highest BCUT2D eigenvalue weighted by molar-refractivity contribution is 7.13. The summed E-state index contributed by atoms with van der Waals surface area (Å²) in [6.45, 7) is 9.71. The van der Waals surface area contributed by atoms with E-state index in [0.29, 0.717) is 0 Å². The SMILES string of the molecule is CCn1ccc2c(Nc3nc(C(C)(C)C)cs3)cccc21. The maximum atomic E-state index is 4.71. The first-order valence-electron chi connectivity index (χ1n) is 7.30. The van der Waals surface area contributed by atoms with Crippen LogP contribution in [0.15, 0.2) is 35.8 Å². The van der Waals surface area contributed by atoms with Gasteiger partial charge in [-0.3, -0.25) is 0 Å². The average molecular weight is 299 g/mol. The van der Waals surface area contributed by atoms with E-state index in [1.807, 2.05) is 0 Å². The zero-order valence-electron chi connectivity index (χ0n) is 13.0. The van der Waals surface area contributed by atoms with Crippen LogP contribution in [0.2, 0.25) is 0 Å². The minimum Gasteiger partial charge on any atom is -0.348 e. The van der Waals surface area contributed by atoms with Crippen molar-refractivity contribution >= 4 is 33.1 Å². The molecule has 21 heavy (non-hydrogen) atoms. The minimum atomic E-state index is 0.0912. The molecule has 0 spiro atoms. The Morgan fingerprint density at radius 2 is 2.05 bits per heavy atom. The Morgan fingerprint density at radius 3 is 2.71 bits per heavy atom. The van der Waals surface area contributed by atoms with Crippen molar-refractivity contribution in [2.24, 2.45) is 0 Å². The number of hydrogen-bond donors (Lipinski definition) is 1. The maximum absolute atomic E-state index is 4.71. The Bertz CT molecular complexity index is 762. The van der Waals surface area contributed by atoms with E-state index < -0.39 is 0 Å². The summed E-state index contributed by atoms with van der Waals surface area (Å²) in [6, 6.07) is 8.53. The zero-order valence-corrected chi connectivity index (χ0v) is 13.8. The lowest BCUT2D eigenvalue weighted by molar-refractivity contribution is 0.573. The van der Waals surface area contributed by atoms with Crippen LogP contribution in [0.25, 0.3) is 10.9 Å². The van der Waals surface area contributed by atoms with Crippen LogP contribution in [0, 0.1) is 0 Å². The molecule has 0 unspecified atom stereocenters. The molecule has 2 aromatic heterocycles. The smallest absolute Gasteiger partial charge is 0.187 e. The van der Waals surface area contributed by atoms with Gasteiger partial charge in [0.2, 0.25) is 0 Å². The standard InChI is InChI=1S/C17H21N3S/c1-5-20-10-9-12-13(7-6-8-14(12)20)18-16-19-15(11-21-16)17(2,3)4/h6-11H,5H2,1-4H3,(H,18,19). The zero-order chi connectivity index (χ0) is 15.0. The van der Waals surface area contributed by atoms with Crippen molar-refractivity contribution < 1.29 is 0 Å². The fourth-order valence-corrected chi connectivity index (χ4v) is 3.35. The summed E-state index contributed by atoms with van der Waals surface area (Å²) >= 11 is 1.66. The lowest BCUT2D eigenvalue weighted by Crippen LogP contribution is -2.11. The van der Waals surface area contributed by atoms with Crippen LogP contribution in [0.1, 0.15) is 33.4 Å². The molecule has 110 valence electrons. The van der Waals surface area contributed by atoms with E-state index in [4.69, 9.17) is 4.98 Å². The fourth-order valence-electron chi connectivity index (χ4n) is 2.40. The molecular weight excluding hydrogens is 278 g/mol. The largest absolute Gasteiger partial charge is 0.348 e. The molecule has 0 saturated carbocycles. The Morgan fingerprint density at radius 1 is 1.24 bits per heavy atom. The molecule has 0 bridgehead atoms. The van der Waals surface area contributed by atoms with Gasteiger partial charge < -0.3 is 9.88 Å². The first-order valence-corrected chi connectivity index (χ1v) is 8.18. The number of fused-ring (bicyclic) bond motifs is 1. The molecule has 1 N–H and O–H groups in total. The predicted molar refractivity (Wildman–Crippen MR) is 91.7 cm³/mol. The van der Waals surface area contributed by atoms with Gasteiger partial charge in [0.15, 0.2) is 5.13 Å². The molecule has 2 heterocycles. The van der Waals surface area contributed by atoms with Gasteiger partial charge in [0.25, 0.3) is 0 Å². The minimum absolute atomic E-state index is 0.0912. The molecule has 0 fully saturated rings. The van der Waals surface area contributed by atoms with Crippen LogP contribution in [0.5, 0.6) is 0 Å². The van der Waals surface area contributed by atoms with Gasteiger partial charge in [-0.25, -0.2) is 4.98 Å². The molecule has 0 aliphatic heterocycles. The molecule has 0 amide bonds. The molecule has 0 saturated heterocycles. The summed E-state index contributed by atoms with van der Waals surface area (Å²) < 4.78 is 2.25. The van der Waals surface area contributed by atoms with Crippen LogP contribution in [0.4, 0.5) is 10.8 Å². The molecule has 0 aliphatic rings. The second-order valence-corrected chi connectivity index (χ2v) is 7.11. The van der Waals surface area contributed by atoms with Crippen LogP contribution < -0.4 is 5.32 Å². The molecule has 3 rings (SSSR count). The number of nitrogens with zero attached hydrogens (tertiary/aromatic N) is 2. The normalized spacial score (nSPS) is 12.0. The van der Waals surface area contributed by atoms with Gasteiger partial charge in [0.1, 0.15) is 0 Å². The number of hydrogen-bond acceptors (Lipinski definition) is 3. The third-order valence-electron chi connectivity index (χ3n) is 3.67. The summed E-state index contributed by atoms with van der Waals surface area (Å²) in [5.74, 6) is 0. The fraction of sp³-hybridized carbons (Fsp3) is 0.353. The summed E-state index contributed by atoms with van der Waals surface area (Å²) in [5.41, 5.74) is 3.60. The number of rotatable bonds is 3. The van der Waals surface area contributed by atoms with Gasteiger partial charge in [-0.1, -0.05) is 26.8 Å². The number of aromatic nitrogens is 2. The van der Waals surface area contributed by atoms with E-state index in [9.17, 15) is 0 Å². The van der Waals surface area contributed by atoms with Crippen molar-refractivity contribution in [2.75, 3.05) is 5.32 Å². The number of thiazole rings is 1. The second-order valence-electron chi connectivity index (χ2n) is 6.25. The first-order chi connectivity index (χ1) is 9.99. The van der Waals surface area contributed by atoms with Crippen LogP contribution in [-0.2, 0) is 12.0 Å². The molecule has 1 aromatic carbocycles. The Kier molecular flexibility index (Phi) is 3.49. The lowest BCUT2D eigenvalue weighted by Gasteiger charge is -2.14. The van der Waals surface area contributed by atoms with Gasteiger partial charge in [-0.15, -0.1) is 11.3 Å². The number of benzene rings is 1. The molecule has 4 heteroatoms. The number of aryl methyl sites for hydroxylation is 1. The Balaban J connectivity index is 1.95. The molecular formula is C17H21N3S. The number of nitrogens with one attached hydrogen (secondary N) is 1. The van der Waals surface area contributed by atoms with Gasteiger partial charge in [0, 0.05) is 34.6 Å².